The molecule has 1 unspecified atom stereocenters. The molecule has 1 amide bonds. The number of likely N-dealkylation sites (N-methyl/N-ethyl adjacent to an activating group) is 1. The number of amides is 1. The van der Waals surface area contributed by atoms with Gasteiger partial charge < -0.3 is 10.2 Å². The van der Waals surface area contributed by atoms with Crippen molar-refractivity contribution in [3.8, 4) is 0 Å². The minimum Gasteiger partial charge on any atom is -0.350 e. The van der Waals surface area contributed by atoms with E-state index in [0.29, 0.717) is 22.2 Å². The van der Waals surface area contributed by atoms with Crippen LogP contribution in [0.5, 0.6) is 0 Å². The molecule has 0 radical (unpaired) electrons. The highest BCUT2D eigenvalue weighted by atomic mass is 35.5. The fourth-order valence-electron chi connectivity index (χ4n) is 2.98. The Morgan fingerprint density at radius 2 is 1.96 bits per heavy atom. The molecule has 1 aromatic carbocycles. The zero-order valence-corrected chi connectivity index (χ0v) is 16.4. The van der Waals surface area contributed by atoms with Gasteiger partial charge in [-0.3, -0.25) is 9.69 Å². The van der Waals surface area contributed by atoms with Gasteiger partial charge in [0, 0.05) is 38.3 Å². The molecule has 0 aliphatic carbocycles. The summed E-state index contributed by atoms with van der Waals surface area (Å²) in [6.07, 6.45) is 0. The number of thiophene rings is 1. The highest BCUT2D eigenvalue weighted by Crippen LogP contribution is 2.25. The maximum atomic E-state index is 12.5. The van der Waals surface area contributed by atoms with Crippen LogP contribution in [0.25, 0.3) is 0 Å². The van der Waals surface area contributed by atoms with Gasteiger partial charge in [-0.2, -0.15) is 11.3 Å². The quantitative estimate of drug-likeness (QED) is 0.833. The Morgan fingerprint density at radius 3 is 2.60 bits per heavy atom. The summed E-state index contributed by atoms with van der Waals surface area (Å²) in [6.45, 7) is 4.65. The van der Waals surface area contributed by atoms with Crippen molar-refractivity contribution in [2.75, 3.05) is 39.8 Å². The van der Waals surface area contributed by atoms with Crippen LogP contribution in [0.1, 0.15) is 22.0 Å². The molecule has 134 valence electrons. The molecular formula is C18H21Cl2N3OS. The lowest BCUT2D eigenvalue weighted by molar-refractivity contribution is 0.0887. The van der Waals surface area contributed by atoms with Gasteiger partial charge in [0.25, 0.3) is 5.91 Å². The van der Waals surface area contributed by atoms with Crippen molar-refractivity contribution in [3.05, 3.63) is 56.2 Å². The summed E-state index contributed by atoms with van der Waals surface area (Å²) in [5.74, 6) is -0.132. The summed E-state index contributed by atoms with van der Waals surface area (Å²) in [4.78, 5) is 17.3. The SMILES string of the molecule is CN1CCN(C(CNC(=O)c2ccc(Cl)c(Cl)c2)c2ccsc2)CC1. The molecule has 0 spiro atoms. The van der Waals surface area contributed by atoms with Crippen LogP contribution in [0.4, 0.5) is 0 Å². The first-order chi connectivity index (χ1) is 12.0. The highest BCUT2D eigenvalue weighted by molar-refractivity contribution is 7.08. The van der Waals surface area contributed by atoms with Gasteiger partial charge >= 0.3 is 0 Å². The zero-order chi connectivity index (χ0) is 17.8. The molecule has 1 aliphatic rings. The normalized spacial score (nSPS) is 17.4. The van der Waals surface area contributed by atoms with E-state index in [9.17, 15) is 4.79 Å². The first-order valence-corrected chi connectivity index (χ1v) is 9.92. The Labute approximate surface area is 162 Å². The number of nitrogens with one attached hydrogen (secondary N) is 1. The van der Waals surface area contributed by atoms with E-state index in [1.807, 2.05) is 0 Å². The summed E-state index contributed by atoms with van der Waals surface area (Å²) in [5.41, 5.74) is 1.78. The molecule has 1 aromatic heterocycles. The molecule has 1 fully saturated rings. The molecule has 0 bridgehead atoms. The summed E-state index contributed by atoms with van der Waals surface area (Å²) >= 11 is 13.6. The molecule has 1 N–H and O–H groups in total. The van der Waals surface area contributed by atoms with Crippen LogP contribution in [-0.4, -0.2) is 55.5 Å². The summed E-state index contributed by atoms with van der Waals surface area (Å²) in [7, 11) is 2.14. The molecule has 0 saturated carbocycles. The first kappa shape index (κ1) is 18.7. The summed E-state index contributed by atoms with van der Waals surface area (Å²) in [5, 5.41) is 8.14. The van der Waals surface area contributed by atoms with Crippen molar-refractivity contribution in [2.24, 2.45) is 0 Å². The molecule has 2 heterocycles. The number of halogens is 2. The number of carbonyl (C=O) groups excluding carboxylic acids is 1. The minimum absolute atomic E-state index is 0.132. The van der Waals surface area contributed by atoms with Crippen molar-refractivity contribution >= 4 is 40.4 Å². The van der Waals surface area contributed by atoms with E-state index in [0.717, 1.165) is 26.2 Å². The molecular weight excluding hydrogens is 377 g/mol. The second-order valence-corrected chi connectivity index (χ2v) is 7.85. The number of nitrogens with zero attached hydrogens (tertiary/aromatic N) is 2. The van der Waals surface area contributed by atoms with E-state index < -0.39 is 0 Å². The third kappa shape index (κ3) is 4.74. The Morgan fingerprint density at radius 1 is 1.20 bits per heavy atom. The van der Waals surface area contributed by atoms with E-state index in [1.54, 1.807) is 29.5 Å². The standard InChI is InChI=1S/C18H21Cl2N3OS/c1-22-5-7-23(8-6-22)17(14-4-9-25-12-14)11-21-18(24)13-2-3-15(19)16(20)10-13/h2-4,9-10,12,17H,5-8,11H2,1H3,(H,21,24). The van der Waals surface area contributed by atoms with Crippen molar-refractivity contribution in [2.45, 2.75) is 6.04 Å². The monoisotopic (exact) mass is 397 g/mol. The molecule has 7 heteroatoms. The third-order valence-electron chi connectivity index (χ3n) is 4.54. The van der Waals surface area contributed by atoms with Gasteiger partial charge in [0.15, 0.2) is 0 Å². The lowest BCUT2D eigenvalue weighted by Crippen LogP contribution is -2.48. The number of rotatable bonds is 5. The topological polar surface area (TPSA) is 35.6 Å². The van der Waals surface area contributed by atoms with Gasteiger partial charge in [-0.15, -0.1) is 0 Å². The van der Waals surface area contributed by atoms with Crippen molar-refractivity contribution in [1.29, 1.82) is 0 Å². The van der Waals surface area contributed by atoms with E-state index in [2.05, 4.69) is 39.0 Å². The van der Waals surface area contributed by atoms with Gasteiger partial charge in [0.1, 0.15) is 0 Å². The van der Waals surface area contributed by atoms with Crippen molar-refractivity contribution < 1.29 is 4.79 Å². The van der Waals surface area contributed by atoms with Crippen molar-refractivity contribution in [3.63, 3.8) is 0 Å². The number of hydrogen-bond acceptors (Lipinski definition) is 4. The molecule has 1 atom stereocenters. The Balaban J connectivity index is 1.68. The molecule has 3 rings (SSSR count). The second kappa shape index (κ2) is 8.52. The van der Waals surface area contributed by atoms with E-state index >= 15 is 0 Å². The third-order valence-corrected chi connectivity index (χ3v) is 5.98. The van der Waals surface area contributed by atoms with Crippen LogP contribution < -0.4 is 5.32 Å². The Kier molecular flexibility index (Phi) is 6.36. The maximum absolute atomic E-state index is 12.5. The van der Waals surface area contributed by atoms with Crippen LogP contribution in [0.15, 0.2) is 35.0 Å². The average Bonchev–Trinajstić information content (AvgIpc) is 3.13. The average molecular weight is 398 g/mol. The molecule has 2 aromatic rings. The summed E-state index contributed by atoms with van der Waals surface area (Å²) in [6, 6.07) is 7.27. The number of hydrogen-bond donors (Lipinski definition) is 1. The second-order valence-electron chi connectivity index (χ2n) is 6.25. The van der Waals surface area contributed by atoms with Crippen LogP contribution in [-0.2, 0) is 0 Å². The van der Waals surface area contributed by atoms with E-state index in [-0.39, 0.29) is 11.9 Å². The van der Waals surface area contributed by atoms with E-state index in [4.69, 9.17) is 23.2 Å². The minimum atomic E-state index is -0.132. The van der Waals surface area contributed by atoms with Gasteiger partial charge in [-0.05, 0) is 47.6 Å². The molecule has 1 aliphatic heterocycles. The Hall–Kier alpha value is -1.11. The fraction of sp³-hybridized carbons (Fsp3) is 0.389. The predicted octanol–water partition coefficient (Wildman–Crippen LogP) is 3.77. The smallest absolute Gasteiger partial charge is 0.251 e. The van der Waals surface area contributed by atoms with Gasteiger partial charge in [0.2, 0.25) is 0 Å². The van der Waals surface area contributed by atoms with Gasteiger partial charge in [-0.25, -0.2) is 0 Å². The lowest BCUT2D eigenvalue weighted by atomic mass is 10.1. The van der Waals surface area contributed by atoms with Crippen LogP contribution in [0, 0.1) is 0 Å². The maximum Gasteiger partial charge on any atom is 0.251 e. The first-order valence-electron chi connectivity index (χ1n) is 8.22. The summed E-state index contributed by atoms with van der Waals surface area (Å²) < 4.78 is 0. The predicted molar refractivity (Wildman–Crippen MR) is 105 cm³/mol. The van der Waals surface area contributed by atoms with Crippen LogP contribution >= 0.6 is 34.5 Å². The largest absolute Gasteiger partial charge is 0.350 e. The molecule has 25 heavy (non-hydrogen) atoms. The number of benzene rings is 1. The van der Waals surface area contributed by atoms with Crippen molar-refractivity contribution in [1.82, 2.24) is 15.1 Å². The van der Waals surface area contributed by atoms with Crippen LogP contribution in [0.3, 0.4) is 0 Å². The fourth-order valence-corrected chi connectivity index (χ4v) is 3.99. The number of piperazine rings is 1. The van der Waals surface area contributed by atoms with Gasteiger partial charge in [0.05, 0.1) is 16.1 Å². The van der Waals surface area contributed by atoms with E-state index in [1.165, 1.54) is 5.56 Å². The van der Waals surface area contributed by atoms with Gasteiger partial charge in [-0.1, -0.05) is 23.2 Å². The molecule has 4 nitrogen and oxygen atoms in total. The number of carbonyl (C=O) groups is 1. The molecule has 1 saturated heterocycles. The zero-order valence-electron chi connectivity index (χ0n) is 14.0. The Bertz CT molecular complexity index is 715. The highest BCUT2D eigenvalue weighted by Gasteiger charge is 2.24. The van der Waals surface area contributed by atoms with Crippen LogP contribution in [0.2, 0.25) is 10.0 Å². The lowest BCUT2D eigenvalue weighted by Gasteiger charge is -2.38.